The van der Waals surface area contributed by atoms with Crippen LogP contribution in [0.4, 0.5) is 0 Å². The van der Waals surface area contributed by atoms with E-state index in [4.69, 9.17) is 9.47 Å². The summed E-state index contributed by atoms with van der Waals surface area (Å²) in [4.78, 5) is 0.255. The molecule has 2 rings (SSSR count). The highest BCUT2D eigenvalue weighted by molar-refractivity contribution is 7.89. The van der Waals surface area contributed by atoms with Crippen molar-refractivity contribution in [2.75, 3.05) is 33.4 Å². The highest BCUT2D eigenvalue weighted by atomic mass is 32.2. The second-order valence-electron chi connectivity index (χ2n) is 5.49. The number of hydrogen-bond acceptors (Lipinski definition) is 5. The maximum Gasteiger partial charge on any atom is 0.240 e. The zero-order valence-electron chi connectivity index (χ0n) is 13.3. The lowest BCUT2D eigenvalue weighted by atomic mass is 10.1. The average Bonchev–Trinajstić information content (AvgIpc) is 2.73. The van der Waals surface area contributed by atoms with Crippen LogP contribution < -0.4 is 14.8 Å². The van der Waals surface area contributed by atoms with Crippen LogP contribution in [0.2, 0.25) is 0 Å². The van der Waals surface area contributed by atoms with Gasteiger partial charge < -0.3 is 14.8 Å². The topological polar surface area (TPSA) is 76.7 Å². The predicted octanol–water partition coefficient (Wildman–Crippen LogP) is 0.969. The lowest BCUT2D eigenvalue weighted by molar-refractivity contribution is 0.0707. The highest BCUT2D eigenvalue weighted by Gasteiger charge is 2.20. The van der Waals surface area contributed by atoms with E-state index in [1.807, 2.05) is 13.8 Å². The first-order valence-electron chi connectivity index (χ1n) is 7.41. The number of hydrogen-bond donors (Lipinski definition) is 2. The maximum absolute atomic E-state index is 12.4. The first-order chi connectivity index (χ1) is 10.4. The molecule has 6 nitrogen and oxygen atoms in total. The van der Waals surface area contributed by atoms with Gasteiger partial charge in [-0.2, -0.15) is 0 Å². The lowest BCUT2D eigenvalue weighted by Gasteiger charge is -2.17. The molecular weight excluding hydrogens is 304 g/mol. The minimum Gasteiger partial charge on any atom is -0.496 e. The predicted molar refractivity (Wildman–Crippen MR) is 84.9 cm³/mol. The standard InChI is InChI=1S/C15H24N2O4S/c1-11-7-14(8-12(2)15(11)20-3)22(18,19)17-10-13-9-16-5-4-6-21-13/h7-8,13,16-17H,4-6,9-10H2,1-3H3. The number of aryl methyl sites for hydroxylation is 2. The van der Waals surface area contributed by atoms with E-state index in [-0.39, 0.29) is 17.5 Å². The number of methoxy groups -OCH3 is 1. The normalized spacial score (nSPS) is 19.7. The molecule has 1 aliphatic heterocycles. The van der Waals surface area contributed by atoms with Crippen LogP contribution in [-0.2, 0) is 14.8 Å². The number of benzene rings is 1. The van der Waals surface area contributed by atoms with Crippen molar-refractivity contribution >= 4 is 10.0 Å². The Morgan fingerprint density at radius 3 is 2.68 bits per heavy atom. The Balaban J connectivity index is 2.09. The average molecular weight is 328 g/mol. The van der Waals surface area contributed by atoms with Crippen molar-refractivity contribution in [2.45, 2.75) is 31.3 Å². The molecule has 0 saturated carbocycles. The Kier molecular flexibility index (Phi) is 5.80. The van der Waals surface area contributed by atoms with Gasteiger partial charge >= 0.3 is 0 Å². The van der Waals surface area contributed by atoms with Crippen molar-refractivity contribution in [3.63, 3.8) is 0 Å². The molecule has 1 unspecified atom stereocenters. The van der Waals surface area contributed by atoms with Crippen LogP contribution in [0.15, 0.2) is 17.0 Å². The summed E-state index contributed by atoms with van der Waals surface area (Å²) in [6.07, 6.45) is 0.804. The van der Waals surface area contributed by atoms with Crippen molar-refractivity contribution in [1.29, 1.82) is 0 Å². The van der Waals surface area contributed by atoms with Crippen LogP contribution in [-0.4, -0.2) is 47.9 Å². The van der Waals surface area contributed by atoms with Gasteiger partial charge in [0.25, 0.3) is 0 Å². The highest BCUT2D eigenvalue weighted by Crippen LogP contribution is 2.26. The van der Waals surface area contributed by atoms with Gasteiger partial charge in [-0.1, -0.05) is 0 Å². The van der Waals surface area contributed by atoms with Crippen molar-refractivity contribution in [3.05, 3.63) is 23.3 Å². The molecule has 124 valence electrons. The summed E-state index contributed by atoms with van der Waals surface area (Å²) in [5.74, 6) is 0.718. The Bertz CT molecular complexity index is 585. The van der Waals surface area contributed by atoms with Gasteiger partial charge in [0.2, 0.25) is 10.0 Å². The van der Waals surface area contributed by atoms with Gasteiger partial charge in [-0.25, -0.2) is 13.1 Å². The fourth-order valence-electron chi connectivity index (χ4n) is 2.57. The quantitative estimate of drug-likeness (QED) is 0.842. The van der Waals surface area contributed by atoms with Crippen LogP contribution in [0.3, 0.4) is 0 Å². The van der Waals surface area contributed by atoms with E-state index in [0.717, 1.165) is 29.8 Å². The van der Waals surface area contributed by atoms with E-state index in [2.05, 4.69) is 10.0 Å². The van der Waals surface area contributed by atoms with Gasteiger partial charge in [0.05, 0.1) is 18.1 Å². The van der Waals surface area contributed by atoms with Gasteiger partial charge in [-0.3, -0.25) is 0 Å². The first kappa shape index (κ1) is 17.2. The summed E-state index contributed by atoms with van der Waals surface area (Å²) in [7, 11) is -1.97. The zero-order chi connectivity index (χ0) is 16.2. The minimum absolute atomic E-state index is 0.141. The summed E-state index contributed by atoms with van der Waals surface area (Å²) >= 11 is 0. The van der Waals surface area contributed by atoms with Crippen LogP contribution in [0, 0.1) is 13.8 Å². The van der Waals surface area contributed by atoms with E-state index in [0.29, 0.717) is 13.2 Å². The molecule has 1 atom stereocenters. The van der Waals surface area contributed by atoms with Crippen molar-refractivity contribution < 1.29 is 17.9 Å². The second kappa shape index (κ2) is 7.41. The van der Waals surface area contributed by atoms with Crippen molar-refractivity contribution in [3.8, 4) is 5.75 Å². The third-order valence-electron chi connectivity index (χ3n) is 3.67. The molecule has 0 spiro atoms. The van der Waals surface area contributed by atoms with E-state index < -0.39 is 10.0 Å². The second-order valence-corrected chi connectivity index (χ2v) is 7.26. The molecule has 22 heavy (non-hydrogen) atoms. The van der Waals surface area contributed by atoms with Crippen LogP contribution in [0.5, 0.6) is 5.75 Å². The molecular formula is C15H24N2O4S. The molecule has 0 aliphatic carbocycles. The summed E-state index contributed by atoms with van der Waals surface area (Å²) < 4.78 is 38.4. The lowest BCUT2D eigenvalue weighted by Crippen LogP contribution is -2.38. The number of ether oxygens (including phenoxy) is 2. The van der Waals surface area contributed by atoms with E-state index in [1.165, 1.54) is 0 Å². The molecule has 0 amide bonds. The van der Waals surface area contributed by atoms with Crippen molar-refractivity contribution in [2.24, 2.45) is 0 Å². The molecule has 1 fully saturated rings. The molecule has 1 aromatic rings. The number of nitrogens with one attached hydrogen (secondary N) is 2. The summed E-state index contributed by atoms with van der Waals surface area (Å²) in [5.41, 5.74) is 1.60. The SMILES string of the molecule is COc1c(C)cc(S(=O)(=O)NCC2CNCCCO2)cc1C. The van der Waals surface area contributed by atoms with E-state index >= 15 is 0 Å². The fourth-order valence-corrected chi connectivity index (χ4v) is 3.81. The molecule has 0 bridgehead atoms. The Labute approximate surface area is 132 Å². The van der Waals surface area contributed by atoms with E-state index in [9.17, 15) is 8.42 Å². The number of sulfonamides is 1. The fraction of sp³-hybridized carbons (Fsp3) is 0.600. The zero-order valence-corrected chi connectivity index (χ0v) is 14.1. The van der Waals surface area contributed by atoms with Gasteiger partial charge in [0.15, 0.2) is 0 Å². The smallest absolute Gasteiger partial charge is 0.240 e. The van der Waals surface area contributed by atoms with E-state index in [1.54, 1.807) is 19.2 Å². The van der Waals surface area contributed by atoms with Crippen molar-refractivity contribution in [1.82, 2.24) is 10.0 Å². The summed E-state index contributed by atoms with van der Waals surface area (Å²) in [5, 5.41) is 3.23. The third kappa shape index (κ3) is 4.19. The summed E-state index contributed by atoms with van der Waals surface area (Å²) in [6, 6.07) is 3.25. The largest absolute Gasteiger partial charge is 0.496 e. The molecule has 1 aliphatic rings. The summed E-state index contributed by atoms with van der Waals surface area (Å²) in [6.45, 7) is 6.15. The molecule has 1 aromatic carbocycles. The Morgan fingerprint density at radius 1 is 1.36 bits per heavy atom. The van der Waals surface area contributed by atoms with Crippen LogP contribution in [0.25, 0.3) is 0 Å². The Hall–Kier alpha value is -1.15. The monoisotopic (exact) mass is 328 g/mol. The van der Waals surface area contributed by atoms with Gasteiger partial charge in [-0.05, 0) is 50.1 Å². The van der Waals surface area contributed by atoms with Gasteiger partial charge in [-0.15, -0.1) is 0 Å². The van der Waals surface area contributed by atoms with Crippen LogP contribution in [0.1, 0.15) is 17.5 Å². The molecule has 0 radical (unpaired) electrons. The Morgan fingerprint density at radius 2 is 2.05 bits per heavy atom. The van der Waals surface area contributed by atoms with Gasteiger partial charge in [0.1, 0.15) is 5.75 Å². The number of rotatable bonds is 5. The minimum atomic E-state index is -3.55. The maximum atomic E-state index is 12.4. The third-order valence-corrected chi connectivity index (χ3v) is 5.08. The molecule has 1 heterocycles. The molecule has 7 heteroatoms. The van der Waals surface area contributed by atoms with Crippen LogP contribution >= 0.6 is 0 Å². The van der Waals surface area contributed by atoms with Gasteiger partial charge in [0, 0.05) is 19.7 Å². The molecule has 2 N–H and O–H groups in total. The molecule has 0 aromatic heterocycles. The molecule has 1 saturated heterocycles. The first-order valence-corrected chi connectivity index (χ1v) is 8.89.